The van der Waals surface area contributed by atoms with Gasteiger partial charge in [0.05, 0.1) is 0 Å². The molecule has 6 rings (SSSR count). The van der Waals surface area contributed by atoms with E-state index in [-0.39, 0.29) is 55.8 Å². The number of benzene rings is 6. The molecule has 2 atom stereocenters. The SMILES string of the molecule is N[C@@H](c1ccccc1)[C@@H](N)c1ccccc1.[B-].[Ru+].c1ccc(P(CCCP(c2ccccc2)c2ccccc2)c2ccccc2)cc1. The van der Waals surface area contributed by atoms with Crippen LogP contribution < -0.4 is 32.7 Å². The van der Waals surface area contributed by atoms with Gasteiger partial charge in [0.2, 0.25) is 0 Å². The van der Waals surface area contributed by atoms with E-state index in [1.54, 1.807) is 0 Å². The molecule has 2 nitrogen and oxygen atoms in total. The third kappa shape index (κ3) is 11.5. The summed E-state index contributed by atoms with van der Waals surface area (Å²) in [5.41, 5.74) is 14.4. The summed E-state index contributed by atoms with van der Waals surface area (Å²) in [4.78, 5) is 0. The van der Waals surface area contributed by atoms with E-state index in [0.29, 0.717) is 0 Å². The van der Waals surface area contributed by atoms with E-state index in [1.807, 2.05) is 60.7 Å². The summed E-state index contributed by atoms with van der Waals surface area (Å²) in [5.74, 6) is 0. The number of hydrogen-bond acceptors (Lipinski definition) is 2. The molecule has 6 heteroatoms. The molecule has 0 saturated carbocycles. The van der Waals surface area contributed by atoms with Gasteiger partial charge in [-0.25, -0.2) is 0 Å². The van der Waals surface area contributed by atoms with Gasteiger partial charge in [0, 0.05) is 12.1 Å². The molecule has 0 aliphatic heterocycles. The van der Waals surface area contributed by atoms with E-state index in [2.05, 4.69) is 121 Å². The van der Waals surface area contributed by atoms with Gasteiger partial charge >= 0.3 is 19.5 Å². The standard InChI is InChI=1S/C27H26P2.C14H16N2.B.Ru/c1-5-14-24(15-6-1)28(25-16-7-2-8-17-25)22-13-23-29(26-18-9-3-10-19-26)27-20-11-4-12-21-27;15-13(11-7-3-1-4-8-11)14(16)12-9-5-2-6-10-12;;/h1-12,14-21H,13,22-23H2;1-10,13-14H,15-16H2;;/q;;-1;+1/t;13-,14-;;/m.0../s1. The molecule has 6 aromatic rings. The first-order chi connectivity index (χ1) is 22.2. The van der Waals surface area contributed by atoms with Gasteiger partial charge < -0.3 is 19.9 Å². The van der Waals surface area contributed by atoms with Crippen LogP contribution in [0, 0.1) is 0 Å². The third-order valence-corrected chi connectivity index (χ3v) is 13.0. The number of hydrogen-bond donors (Lipinski definition) is 2. The van der Waals surface area contributed by atoms with Crippen molar-refractivity contribution in [2.45, 2.75) is 18.5 Å². The van der Waals surface area contributed by atoms with Gasteiger partial charge in [-0.2, -0.15) is 0 Å². The van der Waals surface area contributed by atoms with Crippen molar-refractivity contribution in [3.05, 3.63) is 193 Å². The normalized spacial score (nSPS) is 11.7. The Kier molecular flexibility index (Phi) is 17.0. The number of rotatable bonds is 11. The Bertz CT molecular complexity index is 1440. The van der Waals surface area contributed by atoms with Crippen molar-refractivity contribution in [3.8, 4) is 0 Å². The predicted octanol–water partition coefficient (Wildman–Crippen LogP) is 7.65. The number of nitrogens with two attached hydrogens (primary N) is 2. The molecule has 0 bridgehead atoms. The van der Waals surface area contributed by atoms with E-state index in [0.717, 1.165) is 11.1 Å². The van der Waals surface area contributed by atoms with E-state index in [9.17, 15) is 0 Å². The molecular weight excluding hydrogens is 694 g/mol. The molecule has 0 aromatic heterocycles. The van der Waals surface area contributed by atoms with Crippen molar-refractivity contribution in [2.75, 3.05) is 12.3 Å². The quantitative estimate of drug-likeness (QED) is 0.106. The maximum absolute atomic E-state index is 6.15. The molecule has 4 N–H and O–H groups in total. The fourth-order valence-electron chi connectivity index (χ4n) is 5.40. The summed E-state index contributed by atoms with van der Waals surface area (Å²) in [6.45, 7) is 0. The zero-order valence-electron chi connectivity index (χ0n) is 26.6. The summed E-state index contributed by atoms with van der Waals surface area (Å²) in [6, 6.07) is 63.9. The Balaban J connectivity index is 0.000000285. The molecule has 0 fully saturated rings. The van der Waals surface area contributed by atoms with E-state index in [1.165, 1.54) is 40.0 Å². The van der Waals surface area contributed by atoms with Crippen molar-refractivity contribution in [2.24, 2.45) is 11.5 Å². The van der Waals surface area contributed by atoms with Gasteiger partial charge in [-0.15, -0.1) is 0 Å². The molecule has 6 aromatic carbocycles. The average molecular weight is 737 g/mol. The van der Waals surface area contributed by atoms with E-state index < -0.39 is 0 Å². The first kappa shape index (κ1) is 38.2. The molecule has 0 aliphatic rings. The monoisotopic (exact) mass is 737 g/mol. The Labute approximate surface area is 298 Å². The molecular formula is C41H42BN2P2Ru. The molecule has 0 amide bonds. The second-order valence-corrected chi connectivity index (χ2v) is 15.5. The van der Waals surface area contributed by atoms with Crippen LogP contribution >= 0.6 is 15.8 Å². The van der Waals surface area contributed by atoms with Crippen LogP contribution in [0.5, 0.6) is 0 Å². The summed E-state index contributed by atoms with van der Waals surface area (Å²) < 4.78 is 0. The average Bonchev–Trinajstić information content (AvgIpc) is 3.13. The molecule has 0 aliphatic carbocycles. The predicted molar refractivity (Wildman–Crippen MR) is 205 cm³/mol. The van der Waals surface area contributed by atoms with Crippen LogP contribution in [-0.2, 0) is 19.5 Å². The van der Waals surface area contributed by atoms with Crippen molar-refractivity contribution >= 4 is 45.5 Å². The summed E-state index contributed by atoms with van der Waals surface area (Å²) in [5, 5.41) is 5.94. The Morgan fingerprint density at radius 2 is 0.574 bits per heavy atom. The molecule has 0 saturated heterocycles. The maximum atomic E-state index is 6.15. The van der Waals surface area contributed by atoms with Gasteiger partial charge in [0.25, 0.3) is 0 Å². The van der Waals surface area contributed by atoms with E-state index >= 15 is 0 Å². The first-order valence-corrected chi connectivity index (χ1v) is 18.6. The first-order valence-electron chi connectivity index (χ1n) is 15.6. The Hall–Kier alpha value is -3.21. The van der Waals surface area contributed by atoms with Crippen molar-refractivity contribution in [1.82, 2.24) is 0 Å². The Morgan fingerprint density at radius 3 is 0.809 bits per heavy atom. The van der Waals surface area contributed by atoms with E-state index in [4.69, 9.17) is 11.5 Å². The van der Waals surface area contributed by atoms with Gasteiger partial charge in [-0.05, 0) is 66.9 Å². The van der Waals surface area contributed by atoms with Crippen LogP contribution in [0.25, 0.3) is 0 Å². The minimum atomic E-state index is -0.309. The minimum absolute atomic E-state index is 0. The van der Waals surface area contributed by atoms with Gasteiger partial charge in [-0.3, -0.25) is 0 Å². The summed E-state index contributed by atoms with van der Waals surface area (Å²) in [6.07, 6.45) is 3.72. The largest absolute Gasteiger partial charge is 1.00 e. The smallest absolute Gasteiger partial charge is 1.00 e. The molecule has 0 spiro atoms. The van der Waals surface area contributed by atoms with Crippen LogP contribution in [0.15, 0.2) is 182 Å². The molecule has 237 valence electrons. The Morgan fingerprint density at radius 1 is 0.362 bits per heavy atom. The van der Waals surface area contributed by atoms with Gasteiger partial charge in [0.1, 0.15) is 0 Å². The topological polar surface area (TPSA) is 52.0 Å². The third-order valence-electron chi connectivity index (χ3n) is 7.79. The zero-order valence-corrected chi connectivity index (χ0v) is 30.1. The fourth-order valence-corrected chi connectivity index (χ4v) is 10.4. The molecule has 0 unspecified atom stereocenters. The minimum Gasteiger partial charge on any atom is -1.00 e. The fraction of sp³-hybridized carbons (Fsp3) is 0.122. The van der Waals surface area contributed by atoms with Crippen LogP contribution in [-0.4, -0.2) is 20.7 Å². The van der Waals surface area contributed by atoms with Crippen molar-refractivity contribution in [1.29, 1.82) is 0 Å². The van der Waals surface area contributed by atoms with Crippen LogP contribution in [0.1, 0.15) is 29.6 Å². The van der Waals surface area contributed by atoms with Crippen LogP contribution in [0.3, 0.4) is 0 Å². The summed E-state index contributed by atoms with van der Waals surface area (Å²) in [7, 11) is -0.618. The van der Waals surface area contributed by atoms with Gasteiger partial charge in [0.15, 0.2) is 0 Å². The van der Waals surface area contributed by atoms with Crippen molar-refractivity contribution in [3.63, 3.8) is 0 Å². The van der Waals surface area contributed by atoms with Crippen LogP contribution in [0.2, 0.25) is 0 Å². The second-order valence-electron chi connectivity index (χ2n) is 10.9. The van der Waals surface area contributed by atoms with Crippen molar-refractivity contribution < 1.29 is 19.5 Å². The zero-order chi connectivity index (χ0) is 31.1. The second kappa shape index (κ2) is 20.9. The van der Waals surface area contributed by atoms with Crippen LogP contribution in [0.4, 0.5) is 0 Å². The maximum Gasteiger partial charge on any atom is 1.00 e. The molecule has 0 heterocycles. The molecule has 47 heavy (non-hydrogen) atoms. The summed E-state index contributed by atoms with van der Waals surface area (Å²) >= 11 is 0. The molecule has 5 radical (unpaired) electrons. The van der Waals surface area contributed by atoms with Gasteiger partial charge in [-0.1, -0.05) is 182 Å².